The van der Waals surface area contributed by atoms with Crippen molar-refractivity contribution in [2.45, 2.75) is 70.6 Å². The van der Waals surface area contributed by atoms with Crippen molar-refractivity contribution in [1.82, 2.24) is 5.32 Å². The number of nitrogens with one attached hydrogen (secondary N) is 1. The van der Waals surface area contributed by atoms with Crippen LogP contribution in [0.4, 0.5) is 0 Å². The summed E-state index contributed by atoms with van der Waals surface area (Å²) in [5, 5.41) is 3.64. The Balaban J connectivity index is 1.83. The summed E-state index contributed by atoms with van der Waals surface area (Å²) in [7, 11) is 0. The highest BCUT2D eigenvalue weighted by atomic mass is 16.5. The molecule has 1 aromatic rings. The van der Waals surface area contributed by atoms with Crippen LogP contribution in [0, 0.1) is 0 Å². The smallest absolute Gasteiger partial charge is 0.0774 e. The van der Waals surface area contributed by atoms with E-state index in [1.165, 1.54) is 44.1 Å². The molecule has 3 unspecified atom stereocenters. The first kappa shape index (κ1) is 14.1. The third-order valence-electron chi connectivity index (χ3n) is 4.79. The molecule has 0 saturated carbocycles. The highest BCUT2D eigenvalue weighted by molar-refractivity contribution is 5.35. The number of rotatable bonds is 4. The molecule has 1 heterocycles. The summed E-state index contributed by atoms with van der Waals surface area (Å²) in [6, 6.07) is 7.47. The zero-order valence-corrected chi connectivity index (χ0v) is 12.8. The van der Waals surface area contributed by atoms with E-state index in [0.717, 1.165) is 6.54 Å². The van der Waals surface area contributed by atoms with Gasteiger partial charge in [0.2, 0.25) is 0 Å². The van der Waals surface area contributed by atoms with Gasteiger partial charge >= 0.3 is 0 Å². The minimum absolute atomic E-state index is 0.339. The second kappa shape index (κ2) is 6.28. The molecule has 0 amide bonds. The molecular formula is C18H27NO. The molecule has 2 heteroatoms. The van der Waals surface area contributed by atoms with Crippen LogP contribution < -0.4 is 5.32 Å². The molecule has 1 aliphatic carbocycles. The average molecular weight is 273 g/mol. The molecule has 1 aliphatic heterocycles. The van der Waals surface area contributed by atoms with Crippen molar-refractivity contribution in [2.75, 3.05) is 6.54 Å². The fraction of sp³-hybridized carbons (Fsp3) is 0.667. The van der Waals surface area contributed by atoms with Crippen molar-refractivity contribution >= 4 is 0 Å². The van der Waals surface area contributed by atoms with Crippen molar-refractivity contribution in [3.8, 4) is 0 Å². The van der Waals surface area contributed by atoms with Gasteiger partial charge in [-0.3, -0.25) is 0 Å². The zero-order valence-electron chi connectivity index (χ0n) is 12.8. The van der Waals surface area contributed by atoms with Crippen LogP contribution in [-0.2, 0) is 17.6 Å². The zero-order chi connectivity index (χ0) is 13.9. The first-order valence-corrected chi connectivity index (χ1v) is 8.28. The molecular weight excluding hydrogens is 246 g/mol. The lowest BCUT2D eigenvalue weighted by Gasteiger charge is -2.26. The lowest BCUT2D eigenvalue weighted by molar-refractivity contribution is 0.0319. The molecule has 0 bridgehead atoms. The van der Waals surface area contributed by atoms with Crippen LogP contribution in [0.3, 0.4) is 0 Å². The molecule has 0 radical (unpaired) electrons. The van der Waals surface area contributed by atoms with Gasteiger partial charge in [0.1, 0.15) is 0 Å². The summed E-state index contributed by atoms with van der Waals surface area (Å²) in [5.74, 6) is 0. The maximum Gasteiger partial charge on any atom is 0.0774 e. The second-order valence-electron chi connectivity index (χ2n) is 6.33. The van der Waals surface area contributed by atoms with E-state index >= 15 is 0 Å². The molecule has 1 aromatic carbocycles. The van der Waals surface area contributed by atoms with Crippen molar-refractivity contribution in [3.05, 3.63) is 34.9 Å². The first-order valence-electron chi connectivity index (χ1n) is 8.28. The Morgan fingerprint density at radius 2 is 2.00 bits per heavy atom. The fourth-order valence-corrected chi connectivity index (χ4v) is 3.71. The standard InChI is InChI=1S/C18H27NO/c1-3-19-18(17-11-8-13(2)20-17)16-10-9-14-6-4-5-7-15(14)12-16/h9-10,12-13,17-19H,3-8,11H2,1-2H3. The Bertz CT molecular complexity index is 457. The van der Waals surface area contributed by atoms with Gasteiger partial charge in [-0.15, -0.1) is 0 Å². The Morgan fingerprint density at radius 1 is 1.20 bits per heavy atom. The number of fused-ring (bicyclic) bond motifs is 1. The van der Waals surface area contributed by atoms with E-state index < -0.39 is 0 Å². The first-order chi connectivity index (χ1) is 9.78. The summed E-state index contributed by atoms with van der Waals surface area (Å²) >= 11 is 0. The Morgan fingerprint density at radius 3 is 2.70 bits per heavy atom. The summed E-state index contributed by atoms with van der Waals surface area (Å²) in [5.41, 5.74) is 4.56. The predicted molar refractivity (Wildman–Crippen MR) is 83.1 cm³/mol. The third kappa shape index (κ3) is 2.91. The molecule has 110 valence electrons. The van der Waals surface area contributed by atoms with E-state index in [1.54, 1.807) is 11.1 Å². The van der Waals surface area contributed by atoms with Crippen molar-refractivity contribution < 1.29 is 4.74 Å². The van der Waals surface area contributed by atoms with Crippen LogP contribution in [0.5, 0.6) is 0 Å². The van der Waals surface area contributed by atoms with Gasteiger partial charge in [-0.05, 0) is 68.7 Å². The number of ether oxygens (including phenoxy) is 1. The molecule has 0 aromatic heterocycles. The average Bonchev–Trinajstić information content (AvgIpc) is 2.90. The van der Waals surface area contributed by atoms with Gasteiger partial charge in [0.15, 0.2) is 0 Å². The van der Waals surface area contributed by atoms with Crippen LogP contribution in [0.1, 0.15) is 62.3 Å². The maximum absolute atomic E-state index is 6.11. The van der Waals surface area contributed by atoms with Gasteiger partial charge in [-0.25, -0.2) is 0 Å². The van der Waals surface area contributed by atoms with Crippen molar-refractivity contribution in [2.24, 2.45) is 0 Å². The van der Waals surface area contributed by atoms with Gasteiger partial charge in [-0.1, -0.05) is 25.1 Å². The monoisotopic (exact) mass is 273 g/mol. The number of benzene rings is 1. The van der Waals surface area contributed by atoms with E-state index in [4.69, 9.17) is 4.74 Å². The van der Waals surface area contributed by atoms with Gasteiger partial charge in [0.25, 0.3) is 0 Å². The normalized spacial score (nSPS) is 27.3. The molecule has 1 saturated heterocycles. The quantitative estimate of drug-likeness (QED) is 0.901. The molecule has 3 atom stereocenters. The lowest BCUT2D eigenvalue weighted by atomic mass is 9.88. The minimum Gasteiger partial charge on any atom is -0.373 e. The molecule has 20 heavy (non-hydrogen) atoms. The third-order valence-corrected chi connectivity index (χ3v) is 4.79. The van der Waals surface area contributed by atoms with E-state index in [0.29, 0.717) is 18.2 Å². The Kier molecular flexibility index (Phi) is 4.42. The molecule has 0 spiro atoms. The van der Waals surface area contributed by atoms with E-state index in [1.807, 2.05) is 0 Å². The van der Waals surface area contributed by atoms with E-state index in [-0.39, 0.29) is 0 Å². The Labute approximate surface area is 122 Å². The van der Waals surface area contributed by atoms with Crippen LogP contribution in [0.2, 0.25) is 0 Å². The van der Waals surface area contributed by atoms with Crippen LogP contribution in [0.15, 0.2) is 18.2 Å². The number of hydrogen-bond donors (Lipinski definition) is 1. The van der Waals surface area contributed by atoms with E-state index in [2.05, 4.69) is 37.4 Å². The lowest BCUT2D eigenvalue weighted by Crippen LogP contribution is -2.32. The predicted octanol–water partition coefficient (Wildman–Crippen LogP) is 3.78. The fourth-order valence-electron chi connectivity index (χ4n) is 3.71. The van der Waals surface area contributed by atoms with Crippen LogP contribution in [-0.4, -0.2) is 18.8 Å². The highest BCUT2D eigenvalue weighted by Gasteiger charge is 2.30. The second-order valence-corrected chi connectivity index (χ2v) is 6.33. The minimum atomic E-state index is 0.339. The molecule has 3 rings (SSSR count). The van der Waals surface area contributed by atoms with Crippen molar-refractivity contribution in [1.29, 1.82) is 0 Å². The SMILES string of the molecule is CCNC(c1ccc2c(c1)CCCC2)C1CCC(C)O1. The van der Waals surface area contributed by atoms with Gasteiger partial charge < -0.3 is 10.1 Å². The summed E-state index contributed by atoms with van der Waals surface area (Å²) in [6.07, 6.45) is 8.34. The summed E-state index contributed by atoms with van der Waals surface area (Å²) in [6.45, 7) is 5.37. The van der Waals surface area contributed by atoms with Crippen LogP contribution >= 0.6 is 0 Å². The molecule has 1 N–H and O–H groups in total. The summed E-state index contributed by atoms with van der Waals surface area (Å²) < 4.78 is 6.11. The number of likely N-dealkylation sites (N-methyl/N-ethyl adjacent to an activating group) is 1. The van der Waals surface area contributed by atoms with Crippen molar-refractivity contribution in [3.63, 3.8) is 0 Å². The topological polar surface area (TPSA) is 21.3 Å². The van der Waals surface area contributed by atoms with E-state index in [9.17, 15) is 0 Å². The van der Waals surface area contributed by atoms with Crippen LogP contribution in [0.25, 0.3) is 0 Å². The molecule has 1 fully saturated rings. The highest BCUT2D eigenvalue weighted by Crippen LogP contribution is 2.32. The van der Waals surface area contributed by atoms with Gasteiger partial charge in [-0.2, -0.15) is 0 Å². The van der Waals surface area contributed by atoms with Gasteiger partial charge in [0, 0.05) is 0 Å². The number of aryl methyl sites for hydroxylation is 2. The molecule has 2 aliphatic rings. The Hall–Kier alpha value is -0.860. The van der Waals surface area contributed by atoms with Gasteiger partial charge in [0.05, 0.1) is 18.2 Å². The summed E-state index contributed by atoms with van der Waals surface area (Å²) in [4.78, 5) is 0. The number of hydrogen-bond acceptors (Lipinski definition) is 2. The molecule has 2 nitrogen and oxygen atoms in total. The largest absolute Gasteiger partial charge is 0.373 e. The maximum atomic E-state index is 6.11.